The van der Waals surface area contributed by atoms with Gasteiger partial charge in [-0.25, -0.2) is 22.9 Å². The van der Waals surface area contributed by atoms with Crippen LogP contribution < -0.4 is 15.4 Å². The first kappa shape index (κ1) is 34.4. The molecule has 52 heavy (non-hydrogen) atoms. The average molecular weight is 750 g/mol. The molecular weight excluding hydrogens is 715 g/mol. The van der Waals surface area contributed by atoms with Crippen LogP contribution in [0.25, 0.3) is 32.1 Å². The number of likely N-dealkylation sites (tertiary alicyclic amines) is 1. The van der Waals surface area contributed by atoms with Crippen molar-refractivity contribution in [2.24, 2.45) is 0 Å². The largest absolute Gasteiger partial charge is 0.461 e. The highest BCUT2D eigenvalue weighted by Gasteiger charge is 2.49. The number of likely N-dealkylation sites (N-methyl/N-ethyl adjacent to an activating group) is 1. The molecule has 3 aliphatic rings. The van der Waals surface area contributed by atoms with Crippen LogP contribution in [0.3, 0.4) is 0 Å². The van der Waals surface area contributed by atoms with Crippen LogP contribution in [0, 0.1) is 23.0 Å². The molecular formula is C36H35ClF3N9O2S. The molecule has 3 aromatic heterocycles. The first-order valence-electron chi connectivity index (χ1n) is 17.2. The maximum atomic E-state index is 17.2. The Morgan fingerprint density at radius 2 is 2.10 bits per heavy atom. The summed E-state index contributed by atoms with van der Waals surface area (Å²) in [6.45, 7) is 3.73. The van der Waals surface area contributed by atoms with E-state index < -0.39 is 23.3 Å². The average Bonchev–Trinajstić information content (AvgIpc) is 3.92. The van der Waals surface area contributed by atoms with Crippen LogP contribution >= 0.6 is 22.9 Å². The van der Waals surface area contributed by atoms with Crippen molar-refractivity contribution in [3.63, 3.8) is 0 Å². The van der Waals surface area contributed by atoms with Crippen LogP contribution in [0.15, 0.2) is 36.9 Å². The number of carbonyl (C=O) groups excluding carboxylic acids is 1. The van der Waals surface area contributed by atoms with Gasteiger partial charge >= 0.3 is 12.0 Å². The second-order valence-corrected chi connectivity index (χ2v) is 15.4. The lowest BCUT2D eigenvalue weighted by Crippen LogP contribution is -2.56. The number of imidazole rings is 1. The molecule has 0 radical (unpaired) electrons. The number of amides is 1. The summed E-state index contributed by atoms with van der Waals surface area (Å²) in [5.41, 5.74) is 5.62. The minimum absolute atomic E-state index is 0.00692. The fourth-order valence-electron chi connectivity index (χ4n) is 8.48. The standard InChI is InChI=1S/C36H35ClF3N9O2S/c1-19-26(5-3-11-49(19)35(50)47-12-9-43-18-47)46(2)33-22-13-24(37)28(21-6-7-25(39)31-27(21)23(15-41)32(42)52-31)29(40)30(22)44-34(45-33)51-17-36-8-4-10-48(36)16-20(38)14-36/h6-7,9,12-13,18-20,26H,3-5,8,10-11,14,16-17,42H2,1-2H3/t19?,20-,26?,36+/m1/s1. The minimum Gasteiger partial charge on any atom is -0.461 e. The number of aromatic nitrogens is 4. The normalized spacial score (nSPS) is 23.3. The fourth-order valence-corrected chi connectivity index (χ4v) is 9.73. The molecule has 16 heteroatoms. The number of alkyl halides is 1. The predicted molar refractivity (Wildman–Crippen MR) is 194 cm³/mol. The number of carbonyl (C=O) groups is 1. The lowest BCUT2D eigenvalue weighted by Gasteiger charge is -2.43. The molecule has 5 aromatic rings. The maximum Gasteiger partial charge on any atom is 0.329 e. The van der Waals surface area contributed by atoms with Gasteiger partial charge in [0.05, 0.1) is 32.9 Å². The second kappa shape index (κ2) is 13.1. The number of nitrogens with two attached hydrogens (primary N) is 1. The Morgan fingerprint density at radius 1 is 1.27 bits per heavy atom. The Morgan fingerprint density at radius 3 is 2.87 bits per heavy atom. The number of ether oxygens (including phenoxy) is 1. The van der Waals surface area contributed by atoms with E-state index in [2.05, 4.69) is 14.9 Å². The summed E-state index contributed by atoms with van der Waals surface area (Å²) in [7, 11) is 1.83. The summed E-state index contributed by atoms with van der Waals surface area (Å²) in [6, 6.07) is 5.32. The Bertz CT molecular complexity index is 2260. The zero-order valence-corrected chi connectivity index (χ0v) is 30.0. The predicted octanol–water partition coefficient (Wildman–Crippen LogP) is 7.01. The van der Waals surface area contributed by atoms with E-state index >= 15 is 4.39 Å². The number of piperidine rings is 1. The van der Waals surface area contributed by atoms with Gasteiger partial charge in [0.15, 0.2) is 5.82 Å². The first-order valence-corrected chi connectivity index (χ1v) is 18.3. The van der Waals surface area contributed by atoms with E-state index in [1.165, 1.54) is 23.0 Å². The van der Waals surface area contributed by atoms with Crippen LogP contribution in [0.2, 0.25) is 5.02 Å². The number of anilines is 2. The van der Waals surface area contributed by atoms with Gasteiger partial charge in [0.25, 0.3) is 0 Å². The molecule has 2 aromatic carbocycles. The Kier molecular flexibility index (Phi) is 8.67. The van der Waals surface area contributed by atoms with Gasteiger partial charge < -0.3 is 20.3 Å². The van der Waals surface area contributed by atoms with E-state index in [1.54, 1.807) is 23.4 Å². The molecule has 2 N–H and O–H groups in total. The number of benzene rings is 2. The number of hydrogen-bond donors (Lipinski definition) is 1. The van der Waals surface area contributed by atoms with Crippen molar-refractivity contribution in [2.75, 3.05) is 43.9 Å². The molecule has 0 aliphatic carbocycles. The van der Waals surface area contributed by atoms with Gasteiger partial charge in [0, 0.05) is 55.3 Å². The van der Waals surface area contributed by atoms with Crippen LogP contribution in [0.4, 0.5) is 28.8 Å². The third-order valence-electron chi connectivity index (χ3n) is 11.0. The van der Waals surface area contributed by atoms with Crippen molar-refractivity contribution in [3.05, 3.63) is 59.1 Å². The van der Waals surface area contributed by atoms with Gasteiger partial charge in [-0.2, -0.15) is 15.2 Å². The van der Waals surface area contributed by atoms with Crippen molar-refractivity contribution in [2.45, 2.75) is 62.8 Å². The van der Waals surface area contributed by atoms with Crippen LogP contribution in [-0.4, -0.2) is 92.4 Å². The SMILES string of the molecule is CC1C(N(C)c2nc(OC[C@@]34CCCN3C[C@H](F)C4)nc3c(F)c(-c4ccc(F)c5sc(N)c(C#N)c45)c(Cl)cc23)CCCN1C(=O)n1ccnc1. The highest BCUT2D eigenvalue weighted by atomic mass is 35.5. The monoisotopic (exact) mass is 749 g/mol. The number of nitriles is 1. The number of hydrogen-bond acceptors (Lipinski definition) is 10. The van der Waals surface area contributed by atoms with Crippen molar-refractivity contribution >= 4 is 60.8 Å². The second-order valence-electron chi connectivity index (χ2n) is 13.9. The van der Waals surface area contributed by atoms with Gasteiger partial charge in [0.1, 0.15) is 47.3 Å². The fraction of sp³-hybridized carbons (Fsp3) is 0.417. The zero-order valence-electron chi connectivity index (χ0n) is 28.5. The summed E-state index contributed by atoms with van der Waals surface area (Å²) < 4.78 is 54.6. The highest BCUT2D eigenvalue weighted by Crippen LogP contribution is 2.46. The number of nitrogen functional groups attached to an aromatic ring is 1. The molecule has 2 unspecified atom stereocenters. The summed E-state index contributed by atoms with van der Waals surface area (Å²) in [5.74, 6) is -1.08. The van der Waals surface area contributed by atoms with E-state index in [0.717, 1.165) is 30.7 Å². The number of halogens is 4. The van der Waals surface area contributed by atoms with Crippen molar-refractivity contribution in [3.8, 4) is 23.2 Å². The summed E-state index contributed by atoms with van der Waals surface area (Å²) in [4.78, 5) is 32.6. The molecule has 0 spiro atoms. The van der Waals surface area contributed by atoms with Crippen molar-refractivity contribution in [1.82, 2.24) is 29.3 Å². The van der Waals surface area contributed by atoms with Crippen LogP contribution in [0.5, 0.6) is 6.01 Å². The third kappa shape index (κ3) is 5.50. The topological polar surface area (TPSA) is 129 Å². The number of nitrogens with zero attached hydrogens (tertiary/aromatic N) is 8. The minimum atomic E-state index is -0.969. The molecule has 3 saturated heterocycles. The zero-order chi connectivity index (χ0) is 36.5. The van der Waals surface area contributed by atoms with Gasteiger partial charge in [-0.15, -0.1) is 11.3 Å². The van der Waals surface area contributed by atoms with Gasteiger partial charge in [-0.05, 0) is 56.8 Å². The summed E-state index contributed by atoms with van der Waals surface area (Å²) in [6.07, 6.45) is 7.06. The number of fused-ring (bicyclic) bond motifs is 3. The van der Waals surface area contributed by atoms with Crippen molar-refractivity contribution < 1.29 is 22.7 Å². The molecule has 1 amide bonds. The Hall–Kier alpha value is -4.65. The van der Waals surface area contributed by atoms with Crippen molar-refractivity contribution in [1.29, 1.82) is 5.26 Å². The number of rotatable bonds is 6. The number of thiophene rings is 1. The molecule has 0 saturated carbocycles. The molecule has 4 atom stereocenters. The molecule has 0 bridgehead atoms. The van der Waals surface area contributed by atoms with Gasteiger partial charge in [-0.3, -0.25) is 9.47 Å². The van der Waals surface area contributed by atoms with Crippen LogP contribution in [-0.2, 0) is 0 Å². The van der Waals surface area contributed by atoms with E-state index in [4.69, 9.17) is 27.1 Å². The van der Waals surface area contributed by atoms with Gasteiger partial charge in [0.2, 0.25) is 0 Å². The lowest BCUT2D eigenvalue weighted by atomic mass is 9.95. The molecule has 6 heterocycles. The molecule has 8 rings (SSSR count). The maximum absolute atomic E-state index is 17.2. The Labute approximate surface area is 306 Å². The third-order valence-corrected chi connectivity index (χ3v) is 12.3. The molecule has 3 fully saturated rings. The van der Waals surface area contributed by atoms with Gasteiger partial charge in [-0.1, -0.05) is 17.7 Å². The van der Waals surface area contributed by atoms with E-state index in [1.807, 2.05) is 24.9 Å². The smallest absolute Gasteiger partial charge is 0.329 e. The van der Waals surface area contributed by atoms with E-state index in [-0.39, 0.29) is 73.0 Å². The molecule has 270 valence electrons. The summed E-state index contributed by atoms with van der Waals surface area (Å²) in [5, 5.41) is 10.5. The Balaban J connectivity index is 1.26. The summed E-state index contributed by atoms with van der Waals surface area (Å²) >= 11 is 7.81. The van der Waals surface area contributed by atoms with E-state index in [0.29, 0.717) is 43.6 Å². The van der Waals surface area contributed by atoms with E-state index in [9.17, 15) is 18.8 Å². The quantitative estimate of drug-likeness (QED) is 0.195. The first-order chi connectivity index (χ1) is 25.0. The lowest BCUT2D eigenvalue weighted by molar-refractivity contribution is 0.107. The molecule has 3 aliphatic heterocycles. The highest BCUT2D eigenvalue weighted by molar-refractivity contribution is 7.23. The molecule has 11 nitrogen and oxygen atoms in total. The van der Waals surface area contributed by atoms with Crippen LogP contribution in [0.1, 0.15) is 44.6 Å².